The molecule has 4 heteroatoms. The Morgan fingerprint density at radius 2 is 1.83 bits per heavy atom. The van der Waals surface area contributed by atoms with Crippen LogP contribution in [-0.2, 0) is 6.42 Å². The summed E-state index contributed by atoms with van der Waals surface area (Å²) < 4.78 is 0. The van der Waals surface area contributed by atoms with Gasteiger partial charge in [-0.3, -0.25) is 4.90 Å². The zero-order valence-corrected chi connectivity index (χ0v) is 18.2. The largest absolute Gasteiger partial charge is 0.392 e. The van der Waals surface area contributed by atoms with Crippen molar-refractivity contribution in [2.24, 2.45) is 5.41 Å². The third-order valence-electron chi connectivity index (χ3n) is 6.85. The van der Waals surface area contributed by atoms with E-state index in [1.165, 1.54) is 17.5 Å². The van der Waals surface area contributed by atoms with E-state index in [-0.39, 0.29) is 11.5 Å². The summed E-state index contributed by atoms with van der Waals surface area (Å²) in [6.45, 7) is 7.15. The van der Waals surface area contributed by atoms with Crippen LogP contribution < -0.4 is 4.90 Å². The number of hydrogen-bond acceptors (Lipinski definition) is 3. The van der Waals surface area contributed by atoms with Crippen LogP contribution in [-0.4, -0.2) is 48.8 Å². The molecule has 1 heterocycles. The molecule has 156 valence electrons. The number of halogens is 1. The highest BCUT2D eigenvalue weighted by Gasteiger charge is 2.41. The summed E-state index contributed by atoms with van der Waals surface area (Å²) in [5, 5.41) is 11.9. The van der Waals surface area contributed by atoms with Gasteiger partial charge in [-0.2, -0.15) is 0 Å². The van der Waals surface area contributed by atoms with E-state index in [0.717, 1.165) is 69.1 Å². The second-order valence-electron chi connectivity index (χ2n) is 9.00. The molecule has 2 fully saturated rings. The Morgan fingerprint density at radius 3 is 2.55 bits per heavy atom. The van der Waals surface area contributed by atoms with Gasteiger partial charge in [0.05, 0.1) is 16.8 Å². The fourth-order valence-electron chi connectivity index (χ4n) is 5.26. The molecule has 0 spiro atoms. The third-order valence-corrected chi connectivity index (χ3v) is 7.17. The molecule has 1 aliphatic heterocycles. The Bertz CT molecular complexity index is 818. The molecule has 0 aromatic heterocycles. The molecule has 3 nitrogen and oxygen atoms in total. The van der Waals surface area contributed by atoms with Crippen molar-refractivity contribution in [3.05, 3.63) is 64.7 Å². The number of aliphatic hydroxyl groups excluding tert-OH is 1. The quantitative estimate of drug-likeness (QED) is 0.753. The Hall–Kier alpha value is -1.55. The smallest absolute Gasteiger partial charge is 0.0639 e. The molecule has 0 amide bonds. The minimum Gasteiger partial charge on any atom is -0.392 e. The number of para-hydroxylation sites is 1. The van der Waals surface area contributed by atoms with Gasteiger partial charge in [0.25, 0.3) is 0 Å². The maximum atomic E-state index is 11.1. The summed E-state index contributed by atoms with van der Waals surface area (Å²) in [6.07, 6.45) is 5.19. The first-order chi connectivity index (χ1) is 14.1. The van der Waals surface area contributed by atoms with E-state index in [4.69, 9.17) is 11.6 Å². The molecule has 2 atom stereocenters. The lowest BCUT2D eigenvalue weighted by molar-refractivity contribution is -0.0354. The summed E-state index contributed by atoms with van der Waals surface area (Å²) in [5.41, 5.74) is 3.77. The number of benzene rings is 2. The lowest BCUT2D eigenvalue weighted by Gasteiger charge is -2.47. The zero-order chi connectivity index (χ0) is 20.3. The van der Waals surface area contributed by atoms with Crippen LogP contribution in [0.15, 0.2) is 48.5 Å². The fraction of sp³-hybridized carbons (Fsp3) is 0.520. The maximum Gasteiger partial charge on any atom is 0.0639 e. The van der Waals surface area contributed by atoms with Gasteiger partial charge >= 0.3 is 0 Å². The first-order valence-electron chi connectivity index (χ1n) is 11.0. The van der Waals surface area contributed by atoms with Crippen molar-refractivity contribution >= 4 is 17.3 Å². The van der Waals surface area contributed by atoms with E-state index >= 15 is 0 Å². The molecule has 1 saturated carbocycles. The topological polar surface area (TPSA) is 26.7 Å². The van der Waals surface area contributed by atoms with Gasteiger partial charge in [-0.05, 0) is 43.9 Å². The second kappa shape index (κ2) is 9.07. The molecule has 2 aromatic carbocycles. The molecule has 0 radical (unpaired) electrons. The van der Waals surface area contributed by atoms with E-state index in [0.29, 0.717) is 0 Å². The van der Waals surface area contributed by atoms with Gasteiger partial charge in [0, 0.05) is 38.1 Å². The standard InChI is InChI=1S/C25H33ClN2O/c1-20-7-6-8-21(17-20)18-25(12-5-4-11-24(25)29)19-27-13-15-28(16-14-27)23-10-3-2-9-22(23)26/h2-3,6-10,17,24,29H,4-5,11-16,18-19H2,1H3. The molecule has 2 aliphatic rings. The molecule has 1 saturated heterocycles. The van der Waals surface area contributed by atoms with Gasteiger partial charge in [-0.1, -0.05) is 66.4 Å². The van der Waals surface area contributed by atoms with Crippen molar-refractivity contribution in [3.8, 4) is 0 Å². The number of piperazine rings is 1. The monoisotopic (exact) mass is 412 g/mol. The van der Waals surface area contributed by atoms with Crippen molar-refractivity contribution in [2.45, 2.75) is 45.1 Å². The van der Waals surface area contributed by atoms with E-state index < -0.39 is 0 Å². The van der Waals surface area contributed by atoms with Crippen LogP contribution in [0.4, 0.5) is 5.69 Å². The minimum absolute atomic E-state index is 0.0292. The highest BCUT2D eigenvalue weighted by Crippen LogP contribution is 2.41. The number of hydrogen-bond donors (Lipinski definition) is 1. The first-order valence-corrected chi connectivity index (χ1v) is 11.4. The summed E-state index contributed by atoms with van der Waals surface area (Å²) in [7, 11) is 0. The average molecular weight is 413 g/mol. The second-order valence-corrected chi connectivity index (χ2v) is 9.41. The molecular formula is C25H33ClN2O. The number of nitrogens with zero attached hydrogens (tertiary/aromatic N) is 2. The van der Waals surface area contributed by atoms with Crippen LogP contribution in [0, 0.1) is 12.3 Å². The number of aliphatic hydroxyl groups is 1. The van der Waals surface area contributed by atoms with Crippen LogP contribution in [0.5, 0.6) is 0 Å². The van der Waals surface area contributed by atoms with Crippen molar-refractivity contribution in [1.82, 2.24) is 4.90 Å². The van der Waals surface area contributed by atoms with E-state index in [9.17, 15) is 5.11 Å². The molecule has 29 heavy (non-hydrogen) atoms. The molecule has 0 bridgehead atoms. The van der Waals surface area contributed by atoms with Crippen LogP contribution in [0.2, 0.25) is 5.02 Å². The van der Waals surface area contributed by atoms with Gasteiger partial charge in [0.15, 0.2) is 0 Å². The average Bonchev–Trinajstić information content (AvgIpc) is 2.71. The van der Waals surface area contributed by atoms with Crippen molar-refractivity contribution in [2.75, 3.05) is 37.6 Å². The Morgan fingerprint density at radius 1 is 1.03 bits per heavy atom. The summed E-state index contributed by atoms with van der Waals surface area (Å²) >= 11 is 6.41. The molecule has 1 N–H and O–H groups in total. The van der Waals surface area contributed by atoms with Crippen molar-refractivity contribution < 1.29 is 5.11 Å². The highest BCUT2D eigenvalue weighted by molar-refractivity contribution is 6.33. The highest BCUT2D eigenvalue weighted by atomic mass is 35.5. The molecule has 1 aliphatic carbocycles. The molecule has 2 aromatic rings. The van der Waals surface area contributed by atoms with Gasteiger partial charge in [-0.25, -0.2) is 0 Å². The minimum atomic E-state index is -0.210. The fourth-order valence-corrected chi connectivity index (χ4v) is 5.52. The summed E-state index contributed by atoms with van der Waals surface area (Å²) in [6, 6.07) is 17.0. The predicted octanol–water partition coefficient (Wildman–Crippen LogP) is 4.93. The SMILES string of the molecule is Cc1cccc(CC2(CN3CCN(c4ccccc4Cl)CC3)CCCCC2O)c1. The molecule has 2 unspecified atom stereocenters. The molecular weight excluding hydrogens is 380 g/mol. The van der Waals surface area contributed by atoms with Crippen LogP contribution in [0.25, 0.3) is 0 Å². The predicted molar refractivity (Wildman–Crippen MR) is 122 cm³/mol. The normalized spacial score (nSPS) is 25.9. The number of anilines is 1. The van der Waals surface area contributed by atoms with Crippen molar-refractivity contribution in [1.29, 1.82) is 0 Å². The molecule has 4 rings (SSSR count). The van der Waals surface area contributed by atoms with Crippen LogP contribution >= 0.6 is 11.6 Å². The van der Waals surface area contributed by atoms with Gasteiger partial charge < -0.3 is 10.0 Å². The first kappa shape index (κ1) is 20.7. The Balaban J connectivity index is 1.45. The Labute approximate surface area is 180 Å². The van der Waals surface area contributed by atoms with E-state index in [1.54, 1.807) is 0 Å². The van der Waals surface area contributed by atoms with E-state index in [1.807, 2.05) is 12.1 Å². The van der Waals surface area contributed by atoms with Crippen LogP contribution in [0.3, 0.4) is 0 Å². The van der Waals surface area contributed by atoms with E-state index in [2.05, 4.69) is 53.1 Å². The summed E-state index contributed by atoms with van der Waals surface area (Å²) in [5.74, 6) is 0. The number of rotatable bonds is 5. The maximum absolute atomic E-state index is 11.1. The van der Waals surface area contributed by atoms with Crippen molar-refractivity contribution in [3.63, 3.8) is 0 Å². The third kappa shape index (κ3) is 4.79. The summed E-state index contributed by atoms with van der Waals surface area (Å²) in [4.78, 5) is 4.96. The number of aryl methyl sites for hydroxylation is 1. The zero-order valence-electron chi connectivity index (χ0n) is 17.5. The van der Waals surface area contributed by atoms with Gasteiger partial charge in [0.1, 0.15) is 0 Å². The lowest BCUT2D eigenvalue weighted by Crippen LogP contribution is -2.54. The van der Waals surface area contributed by atoms with Crippen LogP contribution in [0.1, 0.15) is 36.8 Å². The van der Waals surface area contributed by atoms with Gasteiger partial charge in [0.2, 0.25) is 0 Å². The Kier molecular flexibility index (Phi) is 6.48. The lowest BCUT2D eigenvalue weighted by atomic mass is 9.67. The van der Waals surface area contributed by atoms with Gasteiger partial charge in [-0.15, -0.1) is 0 Å².